The fourth-order valence-corrected chi connectivity index (χ4v) is 5.64. The normalized spacial score (nSPS) is 13.1. The zero-order chi connectivity index (χ0) is 23.7. The number of hydrogen-bond acceptors (Lipinski definition) is 6. The number of fused-ring (bicyclic) bond motifs is 1. The topological polar surface area (TPSA) is 93.1 Å². The maximum absolute atomic E-state index is 13.6. The van der Waals surface area contributed by atoms with Gasteiger partial charge in [-0.25, -0.2) is 4.98 Å². The van der Waals surface area contributed by atoms with Gasteiger partial charge in [0.25, 0.3) is 11.5 Å². The summed E-state index contributed by atoms with van der Waals surface area (Å²) in [5.74, 6) is 0.123. The molecule has 1 aliphatic carbocycles. The number of amides is 2. The predicted molar refractivity (Wildman–Crippen MR) is 136 cm³/mol. The third kappa shape index (κ3) is 4.49. The zero-order valence-electron chi connectivity index (χ0n) is 18.4. The lowest BCUT2D eigenvalue weighted by Crippen LogP contribution is -2.23. The summed E-state index contributed by atoms with van der Waals surface area (Å²) in [6.07, 6.45) is 2.22. The molecule has 0 bridgehead atoms. The second-order valence-corrected chi connectivity index (χ2v) is 9.81. The first-order valence-corrected chi connectivity index (χ1v) is 12.8. The van der Waals surface area contributed by atoms with Crippen molar-refractivity contribution in [3.05, 3.63) is 81.5 Å². The molecule has 1 fully saturated rings. The largest absolute Gasteiger partial charge is 0.355 e. The van der Waals surface area contributed by atoms with Gasteiger partial charge in [0, 0.05) is 18.3 Å². The average molecular weight is 491 g/mol. The summed E-state index contributed by atoms with van der Waals surface area (Å²) in [7, 11) is 1.57. The van der Waals surface area contributed by atoms with Crippen molar-refractivity contribution in [1.82, 2.24) is 14.9 Å². The lowest BCUT2D eigenvalue weighted by atomic mass is 10.1. The van der Waals surface area contributed by atoms with E-state index in [2.05, 4.69) is 16.0 Å². The fourth-order valence-electron chi connectivity index (χ4n) is 3.77. The highest BCUT2D eigenvalue weighted by Gasteiger charge is 2.29. The number of rotatable bonds is 7. The number of carbonyl (C=O) groups excluding carboxylic acids is 2. The minimum Gasteiger partial charge on any atom is -0.355 e. The summed E-state index contributed by atoms with van der Waals surface area (Å²) in [4.78, 5) is 43.4. The summed E-state index contributed by atoms with van der Waals surface area (Å²) in [5.41, 5.74) is 2.83. The van der Waals surface area contributed by atoms with Gasteiger partial charge in [0.2, 0.25) is 5.91 Å². The highest BCUT2D eigenvalue weighted by atomic mass is 32.2. The van der Waals surface area contributed by atoms with Crippen molar-refractivity contribution >= 4 is 50.8 Å². The molecule has 0 saturated heterocycles. The number of thiophene rings is 1. The van der Waals surface area contributed by atoms with Crippen LogP contribution in [0.15, 0.2) is 69.9 Å². The van der Waals surface area contributed by atoms with Gasteiger partial charge in [-0.2, -0.15) is 0 Å². The van der Waals surface area contributed by atoms with Crippen LogP contribution in [0, 0.1) is 0 Å². The van der Waals surface area contributed by atoms with Crippen molar-refractivity contribution in [2.75, 3.05) is 18.1 Å². The molecule has 4 aromatic rings. The van der Waals surface area contributed by atoms with Crippen molar-refractivity contribution in [1.29, 1.82) is 0 Å². The van der Waals surface area contributed by atoms with E-state index in [9.17, 15) is 14.4 Å². The van der Waals surface area contributed by atoms with E-state index in [1.165, 1.54) is 23.1 Å². The molecule has 0 spiro atoms. The van der Waals surface area contributed by atoms with E-state index in [-0.39, 0.29) is 23.1 Å². The number of anilines is 1. The zero-order valence-corrected chi connectivity index (χ0v) is 20.0. The first-order chi connectivity index (χ1) is 16.5. The second kappa shape index (κ2) is 9.44. The van der Waals surface area contributed by atoms with Crippen LogP contribution in [0.2, 0.25) is 0 Å². The SMILES string of the molecule is CNC(=O)c1ccc(NC(=O)CSc2nc3scc(C4CC4)c3c(=O)n2-c2ccccc2)cc1. The molecular formula is C25H22N4O3S2. The van der Waals surface area contributed by atoms with Crippen molar-refractivity contribution in [2.45, 2.75) is 23.9 Å². The number of carbonyl (C=O) groups is 2. The molecule has 2 aromatic heterocycles. The highest BCUT2D eigenvalue weighted by molar-refractivity contribution is 7.99. The summed E-state index contributed by atoms with van der Waals surface area (Å²) in [6.45, 7) is 0. The number of nitrogens with one attached hydrogen (secondary N) is 2. The maximum atomic E-state index is 13.6. The highest BCUT2D eigenvalue weighted by Crippen LogP contribution is 2.44. The summed E-state index contributed by atoms with van der Waals surface area (Å²) in [5, 5.41) is 8.63. The standard InChI is InChI=1S/C25H22N4O3S2/c1-26-22(31)16-9-11-17(12-10-16)27-20(30)14-34-25-28-23-21(19(13-33-23)15-7-8-15)24(32)29(25)18-5-3-2-4-6-18/h2-6,9-13,15H,7-8,14H2,1H3,(H,26,31)(H,27,30). The van der Waals surface area contributed by atoms with Gasteiger partial charge in [-0.1, -0.05) is 30.0 Å². The number of para-hydroxylation sites is 1. The lowest BCUT2D eigenvalue weighted by molar-refractivity contribution is -0.113. The molecule has 9 heteroatoms. The molecule has 2 heterocycles. The van der Waals surface area contributed by atoms with E-state index in [1.807, 2.05) is 30.3 Å². The van der Waals surface area contributed by atoms with Gasteiger partial charge in [-0.3, -0.25) is 19.0 Å². The van der Waals surface area contributed by atoms with E-state index >= 15 is 0 Å². The van der Waals surface area contributed by atoms with Crippen LogP contribution in [-0.4, -0.2) is 34.2 Å². The number of aromatic nitrogens is 2. The number of hydrogen-bond donors (Lipinski definition) is 2. The van der Waals surface area contributed by atoms with Crippen molar-refractivity contribution in [2.24, 2.45) is 0 Å². The smallest absolute Gasteiger partial charge is 0.267 e. The van der Waals surface area contributed by atoms with Crippen LogP contribution in [0.3, 0.4) is 0 Å². The first-order valence-electron chi connectivity index (χ1n) is 10.9. The molecule has 0 unspecified atom stereocenters. The summed E-state index contributed by atoms with van der Waals surface area (Å²) in [6, 6.07) is 16.1. The fraction of sp³-hybridized carbons (Fsp3) is 0.200. The molecule has 2 aromatic carbocycles. The third-order valence-electron chi connectivity index (χ3n) is 5.63. The van der Waals surface area contributed by atoms with E-state index in [0.29, 0.717) is 32.5 Å². The minimum atomic E-state index is -0.225. The van der Waals surface area contributed by atoms with Crippen LogP contribution in [0.25, 0.3) is 15.9 Å². The molecule has 2 amide bonds. The summed E-state index contributed by atoms with van der Waals surface area (Å²) < 4.78 is 1.61. The number of benzene rings is 2. The monoisotopic (exact) mass is 490 g/mol. The van der Waals surface area contributed by atoms with Crippen LogP contribution < -0.4 is 16.2 Å². The molecule has 1 saturated carbocycles. The van der Waals surface area contributed by atoms with Crippen LogP contribution in [-0.2, 0) is 4.79 Å². The lowest BCUT2D eigenvalue weighted by Gasteiger charge is -2.12. The van der Waals surface area contributed by atoms with E-state index in [0.717, 1.165) is 24.1 Å². The Bertz CT molecular complexity index is 1420. The van der Waals surface area contributed by atoms with Crippen LogP contribution >= 0.6 is 23.1 Å². The molecular weight excluding hydrogens is 468 g/mol. The Kier molecular flexibility index (Phi) is 6.21. The molecule has 0 atom stereocenters. The summed E-state index contributed by atoms with van der Waals surface area (Å²) >= 11 is 2.71. The quantitative estimate of drug-likeness (QED) is 0.296. The first kappa shape index (κ1) is 22.4. The van der Waals surface area contributed by atoms with Crippen LogP contribution in [0.5, 0.6) is 0 Å². The molecule has 1 aliphatic rings. The van der Waals surface area contributed by atoms with Gasteiger partial charge in [0.05, 0.1) is 16.8 Å². The molecule has 7 nitrogen and oxygen atoms in total. The van der Waals surface area contributed by atoms with Gasteiger partial charge in [0.15, 0.2) is 5.16 Å². The van der Waals surface area contributed by atoms with Crippen LogP contribution in [0.4, 0.5) is 5.69 Å². The minimum absolute atomic E-state index is 0.0861. The third-order valence-corrected chi connectivity index (χ3v) is 7.46. The molecule has 34 heavy (non-hydrogen) atoms. The molecule has 0 radical (unpaired) electrons. The van der Waals surface area contributed by atoms with Gasteiger partial charge in [-0.05, 0) is 66.1 Å². The number of nitrogens with zero attached hydrogens (tertiary/aromatic N) is 2. The van der Waals surface area contributed by atoms with E-state index in [1.54, 1.807) is 35.9 Å². The Labute approximate surface area is 204 Å². The Morgan fingerprint density at radius 2 is 1.85 bits per heavy atom. The Morgan fingerprint density at radius 3 is 2.53 bits per heavy atom. The predicted octanol–water partition coefficient (Wildman–Crippen LogP) is 4.42. The molecule has 5 rings (SSSR count). The molecule has 2 N–H and O–H groups in total. The molecule has 0 aliphatic heterocycles. The van der Waals surface area contributed by atoms with E-state index < -0.39 is 0 Å². The van der Waals surface area contributed by atoms with Crippen molar-refractivity contribution in [3.63, 3.8) is 0 Å². The van der Waals surface area contributed by atoms with Gasteiger partial charge in [0.1, 0.15) is 4.83 Å². The molecule has 172 valence electrons. The van der Waals surface area contributed by atoms with Crippen LogP contribution in [0.1, 0.15) is 34.7 Å². The van der Waals surface area contributed by atoms with Crippen molar-refractivity contribution in [3.8, 4) is 5.69 Å². The van der Waals surface area contributed by atoms with Gasteiger partial charge >= 0.3 is 0 Å². The Balaban J connectivity index is 1.40. The maximum Gasteiger partial charge on any atom is 0.267 e. The van der Waals surface area contributed by atoms with E-state index in [4.69, 9.17) is 4.98 Å². The Morgan fingerprint density at radius 1 is 1.12 bits per heavy atom. The van der Waals surface area contributed by atoms with Gasteiger partial charge < -0.3 is 10.6 Å². The average Bonchev–Trinajstić information content (AvgIpc) is 3.62. The number of thioether (sulfide) groups is 1. The Hall–Kier alpha value is -3.43. The van der Waals surface area contributed by atoms with Gasteiger partial charge in [-0.15, -0.1) is 11.3 Å². The second-order valence-electron chi connectivity index (χ2n) is 8.01. The van der Waals surface area contributed by atoms with Crippen molar-refractivity contribution < 1.29 is 9.59 Å².